The number of carboxylic acid groups (broad SMARTS) is 1. The number of carbonyl (C=O) groups is 2. The summed E-state index contributed by atoms with van der Waals surface area (Å²) in [5.74, 6) is -1.26. The van der Waals surface area contributed by atoms with E-state index in [0.717, 1.165) is 22.9 Å². The Bertz CT molecular complexity index is 1120. The van der Waals surface area contributed by atoms with Crippen molar-refractivity contribution < 1.29 is 23.8 Å². The largest absolute Gasteiger partial charge is 0.481 e. The SMILES string of the molecule is CCCCC(NC(=O)C(C)Oc1ccc2c(-c3ccccc3)cc(=O)oc2c1)C(=O)O. The lowest BCUT2D eigenvalue weighted by Crippen LogP contribution is -2.46. The number of hydrogen-bond acceptors (Lipinski definition) is 5. The number of rotatable bonds is 9. The molecule has 0 fully saturated rings. The fraction of sp³-hybridized carbons (Fsp3) is 0.292. The monoisotopic (exact) mass is 423 g/mol. The average Bonchev–Trinajstić information content (AvgIpc) is 2.76. The second-order valence-corrected chi connectivity index (χ2v) is 7.30. The van der Waals surface area contributed by atoms with Crippen molar-refractivity contribution in [3.63, 3.8) is 0 Å². The van der Waals surface area contributed by atoms with Gasteiger partial charge in [-0.1, -0.05) is 50.1 Å². The van der Waals surface area contributed by atoms with Crippen molar-refractivity contribution in [3.05, 3.63) is 65.0 Å². The fourth-order valence-electron chi connectivity index (χ4n) is 3.29. The van der Waals surface area contributed by atoms with Crippen LogP contribution in [0.25, 0.3) is 22.1 Å². The minimum atomic E-state index is -1.07. The smallest absolute Gasteiger partial charge is 0.336 e. The van der Waals surface area contributed by atoms with E-state index in [-0.39, 0.29) is 0 Å². The zero-order valence-electron chi connectivity index (χ0n) is 17.5. The molecule has 1 aromatic heterocycles. The van der Waals surface area contributed by atoms with Crippen LogP contribution in [-0.2, 0) is 9.59 Å². The highest BCUT2D eigenvalue weighted by atomic mass is 16.5. The highest BCUT2D eigenvalue weighted by Crippen LogP contribution is 2.29. The van der Waals surface area contributed by atoms with Gasteiger partial charge in [-0.3, -0.25) is 4.79 Å². The molecule has 3 rings (SSSR count). The molecule has 2 atom stereocenters. The molecule has 0 radical (unpaired) electrons. The van der Waals surface area contributed by atoms with E-state index in [1.54, 1.807) is 18.2 Å². The van der Waals surface area contributed by atoms with Gasteiger partial charge in [0.1, 0.15) is 17.4 Å². The molecule has 0 bridgehead atoms. The molecule has 7 nitrogen and oxygen atoms in total. The quantitative estimate of drug-likeness (QED) is 0.504. The molecule has 2 N–H and O–H groups in total. The number of aliphatic carboxylic acids is 1. The summed E-state index contributed by atoms with van der Waals surface area (Å²) in [5, 5.41) is 12.5. The molecule has 0 saturated heterocycles. The molecule has 31 heavy (non-hydrogen) atoms. The van der Waals surface area contributed by atoms with Crippen molar-refractivity contribution in [2.45, 2.75) is 45.3 Å². The van der Waals surface area contributed by atoms with Crippen molar-refractivity contribution in [1.29, 1.82) is 0 Å². The zero-order valence-corrected chi connectivity index (χ0v) is 17.5. The van der Waals surface area contributed by atoms with Gasteiger partial charge in [0.15, 0.2) is 6.10 Å². The third kappa shape index (κ3) is 5.51. The first-order valence-corrected chi connectivity index (χ1v) is 10.2. The molecule has 0 spiro atoms. The molecular formula is C24H25NO6. The lowest BCUT2D eigenvalue weighted by molar-refractivity contribution is -0.143. The number of carboxylic acids is 1. The second kappa shape index (κ2) is 9.93. The van der Waals surface area contributed by atoms with Crippen molar-refractivity contribution in [2.24, 2.45) is 0 Å². The van der Waals surface area contributed by atoms with Crippen molar-refractivity contribution in [2.75, 3.05) is 0 Å². The number of hydrogen-bond donors (Lipinski definition) is 2. The summed E-state index contributed by atoms with van der Waals surface area (Å²) in [7, 11) is 0. The van der Waals surface area contributed by atoms with Gasteiger partial charge in [-0.05, 0) is 36.6 Å². The van der Waals surface area contributed by atoms with Gasteiger partial charge in [-0.15, -0.1) is 0 Å². The van der Waals surface area contributed by atoms with E-state index in [9.17, 15) is 19.5 Å². The Labute approximate surface area is 179 Å². The van der Waals surface area contributed by atoms with Gasteiger partial charge in [0, 0.05) is 17.5 Å². The van der Waals surface area contributed by atoms with Crippen molar-refractivity contribution in [3.8, 4) is 16.9 Å². The van der Waals surface area contributed by atoms with Gasteiger partial charge in [0.05, 0.1) is 0 Å². The predicted molar refractivity (Wildman–Crippen MR) is 117 cm³/mol. The van der Waals surface area contributed by atoms with Crippen molar-refractivity contribution in [1.82, 2.24) is 5.32 Å². The number of fused-ring (bicyclic) bond motifs is 1. The average molecular weight is 423 g/mol. The van der Waals surface area contributed by atoms with Gasteiger partial charge in [-0.25, -0.2) is 9.59 Å². The molecule has 1 heterocycles. The Morgan fingerprint density at radius 3 is 2.55 bits per heavy atom. The van der Waals surface area contributed by atoms with Crippen LogP contribution in [0.5, 0.6) is 5.75 Å². The van der Waals surface area contributed by atoms with Crippen molar-refractivity contribution >= 4 is 22.8 Å². The first-order valence-electron chi connectivity index (χ1n) is 10.2. The van der Waals surface area contributed by atoms with Crippen LogP contribution in [-0.4, -0.2) is 29.1 Å². The van der Waals surface area contributed by atoms with Crippen LogP contribution in [0.15, 0.2) is 63.8 Å². The minimum absolute atomic E-state index is 0.336. The van der Waals surface area contributed by atoms with E-state index in [0.29, 0.717) is 24.2 Å². The van der Waals surface area contributed by atoms with Crippen LogP contribution in [0.4, 0.5) is 0 Å². The Kier molecular flexibility index (Phi) is 7.07. The van der Waals surface area contributed by atoms with E-state index < -0.39 is 29.6 Å². The minimum Gasteiger partial charge on any atom is -0.481 e. The van der Waals surface area contributed by atoms with Crippen LogP contribution in [0.2, 0.25) is 0 Å². The Morgan fingerprint density at radius 2 is 1.87 bits per heavy atom. The number of ether oxygens (including phenoxy) is 1. The normalized spacial score (nSPS) is 12.8. The van der Waals surface area contributed by atoms with Crippen LogP contribution in [0.1, 0.15) is 33.1 Å². The van der Waals surface area contributed by atoms with Gasteiger partial charge < -0.3 is 19.6 Å². The summed E-state index contributed by atoms with van der Waals surface area (Å²) in [6, 6.07) is 15.0. The van der Waals surface area contributed by atoms with Gasteiger partial charge in [0.25, 0.3) is 5.91 Å². The lowest BCUT2D eigenvalue weighted by Gasteiger charge is -2.19. The van der Waals surface area contributed by atoms with Gasteiger partial charge in [0.2, 0.25) is 0 Å². The molecule has 1 amide bonds. The van der Waals surface area contributed by atoms with E-state index in [1.165, 1.54) is 13.0 Å². The maximum Gasteiger partial charge on any atom is 0.336 e. The van der Waals surface area contributed by atoms with Gasteiger partial charge in [-0.2, -0.15) is 0 Å². The molecule has 0 aliphatic heterocycles. The van der Waals surface area contributed by atoms with E-state index in [2.05, 4.69) is 5.32 Å². The predicted octanol–water partition coefficient (Wildman–Crippen LogP) is 3.99. The zero-order chi connectivity index (χ0) is 22.4. The van der Waals surface area contributed by atoms with Crippen LogP contribution in [0.3, 0.4) is 0 Å². The molecule has 3 aromatic rings. The van der Waals surface area contributed by atoms with Crippen LogP contribution >= 0.6 is 0 Å². The third-order valence-electron chi connectivity index (χ3n) is 4.94. The number of nitrogens with one attached hydrogen (secondary N) is 1. The summed E-state index contributed by atoms with van der Waals surface area (Å²) in [6.07, 6.45) is 0.956. The van der Waals surface area contributed by atoms with Crippen LogP contribution < -0.4 is 15.7 Å². The first-order chi connectivity index (χ1) is 14.9. The third-order valence-corrected chi connectivity index (χ3v) is 4.94. The Morgan fingerprint density at radius 1 is 1.13 bits per heavy atom. The van der Waals surface area contributed by atoms with E-state index >= 15 is 0 Å². The van der Waals surface area contributed by atoms with E-state index in [1.807, 2.05) is 37.3 Å². The van der Waals surface area contributed by atoms with Gasteiger partial charge >= 0.3 is 11.6 Å². The molecule has 0 aliphatic carbocycles. The summed E-state index contributed by atoms with van der Waals surface area (Å²) >= 11 is 0. The highest BCUT2D eigenvalue weighted by Gasteiger charge is 2.23. The maximum atomic E-state index is 12.4. The number of carbonyl (C=O) groups excluding carboxylic acids is 1. The maximum absolute atomic E-state index is 12.4. The standard InChI is InChI=1S/C24H25NO6/c1-3-4-10-20(24(28)29)25-23(27)15(2)30-17-11-12-18-19(16-8-6-5-7-9-16)14-22(26)31-21(18)13-17/h5-9,11-15,20H,3-4,10H2,1-2H3,(H,25,27)(H,28,29). The first kappa shape index (κ1) is 22.1. The highest BCUT2D eigenvalue weighted by molar-refractivity contribution is 5.94. The molecule has 0 aliphatic rings. The second-order valence-electron chi connectivity index (χ2n) is 7.30. The molecule has 2 unspecified atom stereocenters. The topological polar surface area (TPSA) is 106 Å². The molecule has 2 aromatic carbocycles. The summed E-state index contributed by atoms with van der Waals surface area (Å²) < 4.78 is 11.0. The molecule has 7 heteroatoms. The Hall–Kier alpha value is -3.61. The number of benzene rings is 2. The van der Waals surface area contributed by atoms with E-state index in [4.69, 9.17) is 9.15 Å². The Balaban J connectivity index is 1.80. The summed E-state index contributed by atoms with van der Waals surface area (Å²) in [6.45, 7) is 3.49. The number of amides is 1. The lowest BCUT2D eigenvalue weighted by atomic mass is 10.0. The summed E-state index contributed by atoms with van der Waals surface area (Å²) in [4.78, 5) is 35.8. The molecule has 0 saturated carbocycles. The fourth-order valence-corrected chi connectivity index (χ4v) is 3.29. The summed E-state index contributed by atoms with van der Waals surface area (Å²) in [5.41, 5.74) is 1.47. The molecule has 162 valence electrons. The molecular weight excluding hydrogens is 398 g/mol. The number of unbranched alkanes of at least 4 members (excludes halogenated alkanes) is 1. The van der Waals surface area contributed by atoms with Crippen LogP contribution in [0, 0.1) is 0 Å².